The van der Waals surface area contributed by atoms with Gasteiger partial charge < -0.3 is 10.1 Å². The van der Waals surface area contributed by atoms with Crippen LogP contribution in [0, 0.1) is 6.92 Å². The standard InChI is InChI=1S/C30H29ClN2O4S/c1-22-8-10-24(11-9-22)20-33(38(35,36)29-6-4-3-5-7-29)23(2)30(34)32-27-16-18-28(19-17-27)37-21-25-12-14-26(31)15-13-25/h3-19,23H,20-21H2,1-2H3,(H,32,34). The van der Waals surface area contributed by atoms with Crippen molar-refractivity contribution in [1.82, 2.24) is 4.31 Å². The van der Waals surface area contributed by atoms with Gasteiger partial charge in [0.05, 0.1) is 4.90 Å². The fourth-order valence-corrected chi connectivity index (χ4v) is 5.52. The second-order valence-electron chi connectivity index (χ2n) is 8.95. The van der Waals surface area contributed by atoms with Gasteiger partial charge in [-0.2, -0.15) is 4.31 Å². The zero-order chi connectivity index (χ0) is 27.1. The highest BCUT2D eigenvalue weighted by atomic mass is 35.5. The topological polar surface area (TPSA) is 75.7 Å². The summed E-state index contributed by atoms with van der Waals surface area (Å²) in [6.45, 7) is 3.99. The third-order valence-electron chi connectivity index (χ3n) is 6.06. The van der Waals surface area contributed by atoms with Gasteiger partial charge in [0.2, 0.25) is 15.9 Å². The fourth-order valence-electron chi connectivity index (χ4n) is 3.79. The van der Waals surface area contributed by atoms with E-state index in [4.69, 9.17) is 16.3 Å². The van der Waals surface area contributed by atoms with Gasteiger partial charge in [0, 0.05) is 17.3 Å². The second-order valence-corrected chi connectivity index (χ2v) is 11.3. The van der Waals surface area contributed by atoms with Crippen molar-refractivity contribution in [3.8, 4) is 5.75 Å². The SMILES string of the molecule is Cc1ccc(CN(C(C)C(=O)Nc2ccc(OCc3ccc(Cl)cc3)cc2)S(=O)(=O)c2ccccc2)cc1. The molecule has 4 rings (SSSR count). The molecule has 196 valence electrons. The predicted molar refractivity (Wildman–Crippen MR) is 151 cm³/mol. The number of aryl methyl sites for hydroxylation is 1. The van der Waals surface area contributed by atoms with Gasteiger partial charge in [0.1, 0.15) is 18.4 Å². The first-order valence-corrected chi connectivity index (χ1v) is 13.9. The molecule has 0 saturated heterocycles. The molecule has 0 aliphatic heterocycles. The first-order chi connectivity index (χ1) is 18.2. The molecule has 1 atom stereocenters. The molecule has 4 aromatic rings. The molecule has 6 nitrogen and oxygen atoms in total. The summed E-state index contributed by atoms with van der Waals surface area (Å²) in [6, 6.07) is 29.1. The van der Waals surface area contributed by atoms with E-state index in [-0.39, 0.29) is 11.4 Å². The molecule has 0 heterocycles. The van der Waals surface area contributed by atoms with Crippen LogP contribution in [0.4, 0.5) is 5.69 Å². The number of carbonyl (C=O) groups is 1. The van der Waals surface area contributed by atoms with Crippen LogP contribution in [0.1, 0.15) is 23.6 Å². The van der Waals surface area contributed by atoms with Crippen molar-refractivity contribution >= 4 is 33.2 Å². The van der Waals surface area contributed by atoms with E-state index in [1.165, 1.54) is 16.4 Å². The average molecular weight is 549 g/mol. The van der Waals surface area contributed by atoms with E-state index < -0.39 is 22.0 Å². The Hall–Kier alpha value is -3.65. The number of nitrogens with one attached hydrogen (secondary N) is 1. The monoisotopic (exact) mass is 548 g/mol. The van der Waals surface area contributed by atoms with Crippen molar-refractivity contribution < 1.29 is 17.9 Å². The minimum atomic E-state index is -3.94. The summed E-state index contributed by atoms with van der Waals surface area (Å²) in [5.41, 5.74) is 3.37. The number of halogens is 1. The van der Waals surface area contributed by atoms with E-state index in [1.54, 1.807) is 61.5 Å². The van der Waals surface area contributed by atoms with Crippen molar-refractivity contribution in [1.29, 1.82) is 0 Å². The minimum absolute atomic E-state index is 0.0591. The highest BCUT2D eigenvalue weighted by molar-refractivity contribution is 7.89. The molecule has 0 aromatic heterocycles. The van der Waals surface area contributed by atoms with Gasteiger partial charge in [0.25, 0.3) is 0 Å². The number of hydrogen-bond acceptors (Lipinski definition) is 4. The van der Waals surface area contributed by atoms with E-state index in [1.807, 2.05) is 43.3 Å². The summed E-state index contributed by atoms with van der Waals surface area (Å²) < 4.78 is 34.2. The Kier molecular flexibility index (Phi) is 8.84. The van der Waals surface area contributed by atoms with E-state index in [0.717, 1.165) is 16.7 Å². The van der Waals surface area contributed by atoms with Gasteiger partial charge in [-0.15, -0.1) is 0 Å². The van der Waals surface area contributed by atoms with Crippen LogP contribution in [0.5, 0.6) is 5.75 Å². The Morgan fingerprint density at radius 2 is 1.47 bits per heavy atom. The molecule has 1 N–H and O–H groups in total. The van der Waals surface area contributed by atoms with Gasteiger partial charge in [0.15, 0.2) is 0 Å². The van der Waals surface area contributed by atoms with Crippen molar-refractivity contribution in [3.63, 3.8) is 0 Å². The van der Waals surface area contributed by atoms with Crippen LogP contribution in [-0.2, 0) is 28.0 Å². The number of benzene rings is 4. The lowest BCUT2D eigenvalue weighted by atomic mass is 10.1. The van der Waals surface area contributed by atoms with Crippen LogP contribution in [0.15, 0.2) is 108 Å². The maximum atomic E-state index is 13.6. The molecule has 4 aromatic carbocycles. The largest absolute Gasteiger partial charge is 0.489 e. The lowest BCUT2D eigenvalue weighted by Crippen LogP contribution is -2.45. The van der Waals surface area contributed by atoms with Gasteiger partial charge >= 0.3 is 0 Å². The first kappa shape index (κ1) is 27.4. The number of amides is 1. The predicted octanol–water partition coefficient (Wildman–Crippen LogP) is 6.45. The van der Waals surface area contributed by atoms with E-state index >= 15 is 0 Å². The van der Waals surface area contributed by atoms with E-state index in [0.29, 0.717) is 23.1 Å². The van der Waals surface area contributed by atoms with Crippen LogP contribution >= 0.6 is 11.6 Å². The minimum Gasteiger partial charge on any atom is -0.489 e. The van der Waals surface area contributed by atoms with Crippen LogP contribution < -0.4 is 10.1 Å². The molecule has 0 spiro atoms. The number of ether oxygens (including phenoxy) is 1. The summed E-state index contributed by atoms with van der Waals surface area (Å²) in [7, 11) is -3.94. The molecule has 0 radical (unpaired) electrons. The van der Waals surface area contributed by atoms with Gasteiger partial charge in [-0.3, -0.25) is 4.79 Å². The quantitative estimate of drug-likeness (QED) is 0.247. The molecule has 0 aliphatic rings. The molecule has 1 unspecified atom stereocenters. The summed E-state index contributed by atoms with van der Waals surface area (Å²) in [5.74, 6) is 0.199. The van der Waals surface area contributed by atoms with Crippen molar-refractivity contribution in [2.24, 2.45) is 0 Å². The number of anilines is 1. The maximum Gasteiger partial charge on any atom is 0.244 e. The third-order valence-corrected chi connectivity index (χ3v) is 8.24. The van der Waals surface area contributed by atoms with Crippen LogP contribution in [0.3, 0.4) is 0 Å². The summed E-state index contributed by atoms with van der Waals surface area (Å²) >= 11 is 5.92. The number of rotatable bonds is 10. The van der Waals surface area contributed by atoms with Crippen LogP contribution in [-0.4, -0.2) is 24.7 Å². The normalized spacial score (nSPS) is 12.2. The number of nitrogens with zero attached hydrogens (tertiary/aromatic N) is 1. The molecule has 0 saturated carbocycles. The van der Waals surface area contributed by atoms with E-state index in [2.05, 4.69) is 5.32 Å². The number of carbonyl (C=O) groups excluding carboxylic acids is 1. The highest BCUT2D eigenvalue weighted by Crippen LogP contribution is 2.23. The lowest BCUT2D eigenvalue weighted by molar-refractivity contribution is -0.119. The Balaban J connectivity index is 1.47. The van der Waals surface area contributed by atoms with Crippen LogP contribution in [0.2, 0.25) is 5.02 Å². The zero-order valence-electron chi connectivity index (χ0n) is 21.2. The Labute approximate surface area is 228 Å². The zero-order valence-corrected chi connectivity index (χ0v) is 22.7. The highest BCUT2D eigenvalue weighted by Gasteiger charge is 2.33. The first-order valence-electron chi connectivity index (χ1n) is 12.1. The molecule has 0 aliphatic carbocycles. The van der Waals surface area contributed by atoms with Gasteiger partial charge in [-0.25, -0.2) is 8.42 Å². The van der Waals surface area contributed by atoms with Gasteiger partial charge in [-0.05, 0) is 73.5 Å². The summed E-state index contributed by atoms with van der Waals surface area (Å²) in [5, 5.41) is 3.50. The van der Waals surface area contributed by atoms with Crippen molar-refractivity contribution in [3.05, 3.63) is 125 Å². The molecule has 0 bridgehead atoms. The van der Waals surface area contributed by atoms with Gasteiger partial charge in [-0.1, -0.05) is 71.8 Å². The smallest absolute Gasteiger partial charge is 0.244 e. The Morgan fingerprint density at radius 3 is 2.11 bits per heavy atom. The van der Waals surface area contributed by atoms with E-state index in [9.17, 15) is 13.2 Å². The molecule has 1 amide bonds. The summed E-state index contributed by atoms with van der Waals surface area (Å²) in [4.78, 5) is 13.4. The third kappa shape index (κ3) is 7.01. The lowest BCUT2D eigenvalue weighted by Gasteiger charge is -2.28. The fraction of sp³-hybridized carbons (Fsp3) is 0.167. The molecular formula is C30H29ClN2O4S. The molecule has 0 fully saturated rings. The second kappa shape index (κ2) is 12.3. The average Bonchev–Trinajstić information content (AvgIpc) is 2.93. The Morgan fingerprint density at radius 1 is 0.868 bits per heavy atom. The molecule has 38 heavy (non-hydrogen) atoms. The Bertz CT molecular complexity index is 1460. The summed E-state index contributed by atoms with van der Waals surface area (Å²) in [6.07, 6.45) is 0. The number of hydrogen-bond donors (Lipinski definition) is 1. The van der Waals surface area contributed by atoms with Crippen molar-refractivity contribution in [2.75, 3.05) is 5.32 Å². The van der Waals surface area contributed by atoms with Crippen molar-refractivity contribution in [2.45, 2.75) is 37.9 Å². The molecular weight excluding hydrogens is 520 g/mol. The maximum absolute atomic E-state index is 13.6. The van der Waals surface area contributed by atoms with Crippen LogP contribution in [0.25, 0.3) is 0 Å². The number of sulfonamides is 1. The molecule has 8 heteroatoms.